The first-order valence-corrected chi connectivity index (χ1v) is 11.7. The summed E-state index contributed by atoms with van der Waals surface area (Å²) in [5, 5.41) is 0. The Kier molecular flexibility index (Phi) is 5.77. The van der Waals surface area contributed by atoms with Crippen molar-refractivity contribution in [2.45, 2.75) is 32.6 Å². The molecule has 2 aliphatic heterocycles. The van der Waals surface area contributed by atoms with Crippen LogP contribution in [0.5, 0.6) is 5.75 Å². The summed E-state index contributed by atoms with van der Waals surface area (Å²) in [4.78, 5) is 53.6. The summed E-state index contributed by atoms with van der Waals surface area (Å²) in [6, 6.07) is 14.1. The van der Waals surface area contributed by atoms with Gasteiger partial charge in [-0.3, -0.25) is 24.1 Å². The number of rotatable bonds is 5. The standard InChI is InChI=1S/C27H26N2O5/c1-2-17-7-9-19(10-8-17)28-16-18(15-24(28)30)27(33)34-21-13-11-20(12-14-21)29-25(31)22-5-3-4-6-23(22)26(29)32/h3-4,7-14,18,22-23H,2,5-6,15-16H2,1H3/t18-,22-,23+/m1/s1. The van der Waals surface area contributed by atoms with E-state index in [1.54, 1.807) is 29.2 Å². The van der Waals surface area contributed by atoms with Crippen LogP contribution in [0, 0.1) is 17.8 Å². The molecule has 0 aromatic heterocycles. The van der Waals surface area contributed by atoms with E-state index in [0.717, 1.165) is 12.1 Å². The second-order valence-corrected chi connectivity index (χ2v) is 9.01. The smallest absolute Gasteiger partial charge is 0.316 e. The van der Waals surface area contributed by atoms with Gasteiger partial charge in [-0.2, -0.15) is 0 Å². The zero-order valence-corrected chi connectivity index (χ0v) is 19.0. The molecule has 5 rings (SSSR count). The average Bonchev–Trinajstić information content (AvgIpc) is 3.37. The normalized spacial score (nSPS) is 24.0. The van der Waals surface area contributed by atoms with Crippen LogP contribution in [0.3, 0.4) is 0 Å². The van der Waals surface area contributed by atoms with Crippen LogP contribution in [0.4, 0.5) is 11.4 Å². The van der Waals surface area contributed by atoms with E-state index in [-0.39, 0.29) is 42.5 Å². The zero-order chi connectivity index (χ0) is 23.8. The molecule has 0 bridgehead atoms. The fourth-order valence-corrected chi connectivity index (χ4v) is 4.94. The highest BCUT2D eigenvalue weighted by molar-refractivity contribution is 6.22. The SMILES string of the molecule is CCc1ccc(N2C[C@H](C(=O)Oc3ccc(N4C(=O)[C@H]5CC=CC[C@H]5C4=O)cc3)CC2=O)cc1. The maximum Gasteiger partial charge on any atom is 0.316 e. The van der Waals surface area contributed by atoms with Gasteiger partial charge in [0.05, 0.1) is 23.4 Å². The Bertz CT molecular complexity index is 1140. The van der Waals surface area contributed by atoms with E-state index in [1.807, 2.05) is 36.4 Å². The molecule has 2 fully saturated rings. The highest BCUT2D eigenvalue weighted by atomic mass is 16.5. The van der Waals surface area contributed by atoms with Gasteiger partial charge in [0.25, 0.3) is 0 Å². The maximum absolute atomic E-state index is 12.8. The van der Waals surface area contributed by atoms with Crippen LogP contribution in [0.1, 0.15) is 31.7 Å². The molecule has 3 atom stereocenters. The lowest BCUT2D eigenvalue weighted by Crippen LogP contribution is -2.30. The second-order valence-electron chi connectivity index (χ2n) is 9.01. The van der Waals surface area contributed by atoms with Crippen molar-refractivity contribution < 1.29 is 23.9 Å². The molecule has 34 heavy (non-hydrogen) atoms. The van der Waals surface area contributed by atoms with Crippen molar-refractivity contribution in [3.05, 3.63) is 66.2 Å². The van der Waals surface area contributed by atoms with Gasteiger partial charge >= 0.3 is 5.97 Å². The lowest BCUT2D eigenvalue weighted by atomic mass is 9.85. The van der Waals surface area contributed by atoms with E-state index in [4.69, 9.17) is 4.74 Å². The third-order valence-electron chi connectivity index (χ3n) is 6.94. The monoisotopic (exact) mass is 458 g/mol. The number of carbonyl (C=O) groups is 4. The fraction of sp³-hybridized carbons (Fsp3) is 0.333. The Morgan fingerprint density at radius 3 is 2.06 bits per heavy atom. The summed E-state index contributed by atoms with van der Waals surface area (Å²) >= 11 is 0. The summed E-state index contributed by atoms with van der Waals surface area (Å²) in [5.41, 5.74) is 2.43. The van der Waals surface area contributed by atoms with E-state index < -0.39 is 11.9 Å². The number of nitrogens with zero attached hydrogens (tertiary/aromatic N) is 2. The summed E-state index contributed by atoms with van der Waals surface area (Å²) < 4.78 is 5.52. The van der Waals surface area contributed by atoms with Gasteiger partial charge < -0.3 is 9.64 Å². The Morgan fingerprint density at radius 2 is 1.47 bits per heavy atom. The van der Waals surface area contributed by atoms with Gasteiger partial charge in [-0.1, -0.05) is 31.2 Å². The van der Waals surface area contributed by atoms with E-state index in [0.29, 0.717) is 24.3 Å². The first kappa shape index (κ1) is 22.1. The number of anilines is 2. The number of carbonyl (C=O) groups excluding carboxylic acids is 4. The molecule has 0 unspecified atom stereocenters. The number of fused-ring (bicyclic) bond motifs is 1. The summed E-state index contributed by atoms with van der Waals surface area (Å²) in [7, 11) is 0. The Hall–Kier alpha value is -3.74. The molecule has 174 valence electrons. The molecule has 0 saturated carbocycles. The van der Waals surface area contributed by atoms with Gasteiger partial charge in [-0.15, -0.1) is 0 Å². The van der Waals surface area contributed by atoms with E-state index in [2.05, 4.69) is 6.92 Å². The Morgan fingerprint density at radius 1 is 0.882 bits per heavy atom. The molecule has 2 aromatic carbocycles. The second kappa shape index (κ2) is 8.89. The van der Waals surface area contributed by atoms with Crippen molar-refractivity contribution in [1.82, 2.24) is 0 Å². The number of hydrogen-bond acceptors (Lipinski definition) is 5. The summed E-state index contributed by atoms with van der Waals surface area (Å²) in [6.07, 6.45) is 6.09. The van der Waals surface area contributed by atoms with Crippen molar-refractivity contribution >= 4 is 35.1 Å². The molecule has 0 radical (unpaired) electrons. The highest BCUT2D eigenvalue weighted by Crippen LogP contribution is 2.38. The van der Waals surface area contributed by atoms with Crippen LogP contribution in [-0.4, -0.2) is 30.2 Å². The molecule has 2 heterocycles. The number of ether oxygens (including phenoxy) is 1. The lowest BCUT2D eigenvalue weighted by molar-refractivity contribution is -0.139. The van der Waals surface area contributed by atoms with E-state index >= 15 is 0 Å². The predicted molar refractivity (Wildman–Crippen MR) is 126 cm³/mol. The molecule has 3 aliphatic rings. The van der Waals surface area contributed by atoms with Crippen LogP contribution in [0.25, 0.3) is 0 Å². The van der Waals surface area contributed by atoms with Crippen LogP contribution >= 0.6 is 0 Å². The number of esters is 1. The van der Waals surface area contributed by atoms with Gasteiger partial charge in [0.2, 0.25) is 17.7 Å². The molecule has 7 nitrogen and oxygen atoms in total. The van der Waals surface area contributed by atoms with Gasteiger partial charge in [0.15, 0.2) is 0 Å². The first-order chi connectivity index (χ1) is 16.5. The van der Waals surface area contributed by atoms with E-state index in [1.165, 1.54) is 10.5 Å². The van der Waals surface area contributed by atoms with Gasteiger partial charge in [-0.25, -0.2) is 0 Å². The molecule has 1 aliphatic carbocycles. The van der Waals surface area contributed by atoms with Gasteiger partial charge in [-0.05, 0) is 61.2 Å². The summed E-state index contributed by atoms with van der Waals surface area (Å²) in [6.45, 7) is 2.34. The number of imide groups is 1. The van der Waals surface area contributed by atoms with Crippen LogP contribution in [-0.2, 0) is 25.6 Å². The number of aryl methyl sites for hydroxylation is 1. The molecule has 7 heteroatoms. The van der Waals surface area contributed by atoms with Gasteiger partial charge in [0.1, 0.15) is 5.75 Å². The highest BCUT2D eigenvalue weighted by Gasteiger charge is 2.47. The minimum absolute atomic E-state index is 0.0973. The molecule has 2 aromatic rings. The number of allylic oxidation sites excluding steroid dienone is 2. The Labute approximate surface area is 198 Å². The topological polar surface area (TPSA) is 84.0 Å². The van der Waals surface area contributed by atoms with E-state index in [9.17, 15) is 19.2 Å². The van der Waals surface area contributed by atoms with Gasteiger partial charge in [0, 0.05) is 18.7 Å². The quantitative estimate of drug-likeness (QED) is 0.296. The molecule has 2 saturated heterocycles. The minimum Gasteiger partial charge on any atom is -0.426 e. The number of amides is 3. The zero-order valence-electron chi connectivity index (χ0n) is 19.0. The van der Waals surface area contributed by atoms with Crippen molar-refractivity contribution in [3.63, 3.8) is 0 Å². The van der Waals surface area contributed by atoms with Crippen LogP contribution in [0.15, 0.2) is 60.7 Å². The van der Waals surface area contributed by atoms with Crippen LogP contribution < -0.4 is 14.5 Å². The molecule has 3 amide bonds. The summed E-state index contributed by atoms with van der Waals surface area (Å²) in [5.74, 6) is -1.78. The minimum atomic E-state index is -0.560. The average molecular weight is 459 g/mol. The molecule has 0 N–H and O–H groups in total. The Balaban J connectivity index is 1.23. The number of benzene rings is 2. The number of hydrogen-bond donors (Lipinski definition) is 0. The van der Waals surface area contributed by atoms with Crippen molar-refractivity contribution in [2.75, 3.05) is 16.3 Å². The fourth-order valence-electron chi connectivity index (χ4n) is 4.94. The first-order valence-electron chi connectivity index (χ1n) is 11.7. The van der Waals surface area contributed by atoms with Crippen molar-refractivity contribution in [3.8, 4) is 5.75 Å². The lowest BCUT2D eigenvalue weighted by Gasteiger charge is -2.17. The largest absolute Gasteiger partial charge is 0.426 e. The predicted octanol–water partition coefficient (Wildman–Crippen LogP) is 3.66. The maximum atomic E-state index is 12.8. The molecule has 0 spiro atoms. The van der Waals surface area contributed by atoms with Crippen molar-refractivity contribution in [1.29, 1.82) is 0 Å². The van der Waals surface area contributed by atoms with Crippen molar-refractivity contribution in [2.24, 2.45) is 17.8 Å². The third kappa shape index (κ3) is 3.91. The third-order valence-corrected chi connectivity index (χ3v) is 6.94. The molecular weight excluding hydrogens is 432 g/mol. The molecular formula is C27H26N2O5. The van der Waals surface area contributed by atoms with Crippen LogP contribution in [0.2, 0.25) is 0 Å².